The fourth-order valence-electron chi connectivity index (χ4n) is 4.90. The van der Waals surface area contributed by atoms with Gasteiger partial charge in [-0.15, -0.1) is 11.3 Å². The molecule has 5 rings (SSSR count). The summed E-state index contributed by atoms with van der Waals surface area (Å²) in [6.07, 6.45) is 3.56. The van der Waals surface area contributed by atoms with Crippen LogP contribution < -0.4 is 10.6 Å². The molecule has 2 aliphatic rings. The lowest BCUT2D eigenvalue weighted by Gasteiger charge is -2.39. The van der Waals surface area contributed by atoms with Crippen molar-refractivity contribution in [3.8, 4) is 0 Å². The zero-order chi connectivity index (χ0) is 23.3. The van der Waals surface area contributed by atoms with Crippen LogP contribution in [-0.4, -0.2) is 54.9 Å². The van der Waals surface area contributed by atoms with E-state index in [2.05, 4.69) is 33.8 Å². The summed E-state index contributed by atoms with van der Waals surface area (Å²) in [5.41, 5.74) is 0.499. The molecule has 2 bridgehead atoms. The molecular weight excluding hydrogens is 438 g/mol. The molecule has 5 heterocycles. The van der Waals surface area contributed by atoms with Gasteiger partial charge in [-0.05, 0) is 66.4 Å². The third-order valence-electron chi connectivity index (χ3n) is 6.14. The number of rotatable bonds is 4. The Labute approximate surface area is 197 Å². The predicted molar refractivity (Wildman–Crippen MR) is 130 cm³/mol. The summed E-state index contributed by atoms with van der Waals surface area (Å²) < 4.78 is 5.66. The van der Waals surface area contributed by atoms with Crippen LogP contribution in [0.3, 0.4) is 0 Å². The first-order valence-electron chi connectivity index (χ1n) is 11.5. The van der Waals surface area contributed by atoms with Gasteiger partial charge in [0.1, 0.15) is 16.2 Å². The number of piperidine rings is 1. The van der Waals surface area contributed by atoms with Gasteiger partial charge in [-0.25, -0.2) is 9.78 Å². The van der Waals surface area contributed by atoms with Gasteiger partial charge in [0.15, 0.2) is 5.82 Å². The quantitative estimate of drug-likeness (QED) is 0.487. The summed E-state index contributed by atoms with van der Waals surface area (Å²) >= 11 is 1.65. The molecule has 0 spiro atoms. The standard InChI is InChI=1S/C23H31N7O2S/c1-12-8-18(29-28-12)25-19-17-9-13(2)33-20(17)27-21(26-19)24-14-10-15-6-7-16(11-14)30(15)22(31)32-23(3,4)5/h8-9,14-16H,6-7,10-11H2,1-5H3,(H3,24,25,26,27,28,29)/t14-,15-,16+. The van der Waals surface area contributed by atoms with Gasteiger partial charge in [0.25, 0.3) is 0 Å². The lowest BCUT2D eigenvalue weighted by atomic mass is 9.98. The van der Waals surface area contributed by atoms with E-state index in [9.17, 15) is 4.79 Å². The van der Waals surface area contributed by atoms with E-state index >= 15 is 0 Å². The van der Waals surface area contributed by atoms with Crippen molar-refractivity contribution < 1.29 is 9.53 Å². The maximum atomic E-state index is 12.8. The highest BCUT2D eigenvalue weighted by Crippen LogP contribution is 2.38. The molecule has 2 saturated heterocycles. The topological polar surface area (TPSA) is 108 Å². The minimum Gasteiger partial charge on any atom is -0.444 e. The van der Waals surface area contributed by atoms with Gasteiger partial charge < -0.3 is 20.3 Å². The third kappa shape index (κ3) is 4.62. The van der Waals surface area contributed by atoms with Gasteiger partial charge in [0.05, 0.1) is 5.39 Å². The van der Waals surface area contributed by atoms with Gasteiger partial charge in [-0.1, -0.05) is 0 Å². The number of thiophene rings is 1. The normalized spacial score (nSPS) is 22.6. The number of nitrogens with one attached hydrogen (secondary N) is 3. The van der Waals surface area contributed by atoms with Crippen LogP contribution >= 0.6 is 11.3 Å². The Kier molecular flexibility index (Phi) is 5.43. The molecule has 0 aliphatic carbocycles. The fraction of sp³-hybridized carbons (Fsp3) is 0.565. The molecule has 10 heteroatoms. The Morgan fingerprint density at radius 3 is 2.55 bits per heavy atom. The highest BCUT2D eigenvalue weighted by atomic mass is 32.1. The number of amides is 1. The van der Waals surface area contributed by atoms with E-state index in [0.29, 0.717) is 5.95 Å². The molecule has 2 aliphatic heterocycles. The monoisotopic (exact) mass is 469 g/mol. The van der Waals surface area contributed by atoms with Gasteiger partial charge in [-0.2, -0.15) is 10.1 Å². The summed E-state index contributed by atoms with van der Waals surface area (Å²) in [5, 5.41) is 15.1. The average molecular weight is 470 g/mol. The zero-order valence-electron chi connectivity index (χ0n) is 19.7. The van der Waals surface area contributed by atoms with Crippen molar-refractivity contribution in [2.45, 2.75) is 84.0 Å². The molecule has 0 aromatic carbocycles. The first-order chi connectivity index (χ1) is 15.6. The first-order valence-corrected chi connectivity index (χ1v) is 12.3. The van der Waals surface area contributed by atoms with E-state index in [1.54, 1.807) is 11.3 Å². The molecule has 0 saturated carbocycles. The second kappa shape index (κ2) is 8.16. The van der Waals surface area contributed by atoms with Gasteiger partial charge in [-0.3, -0.25) is 5.10 Å². The van der Waals surface area contributed by atoms with Crippen LogP contribution in [0.25, 0.3) is 10.2 Å². The van der Waals surface area contributed by atoms with Crippen molar-refractivity contribution >= 4 is 45.2 Å². The van der Waals surface area contributed by atoms with Crippen LogP contribution in [0.5, 0.6) is 0 Å². The molecule has 33 heavy (non-hydrogen) atoms. The Morgan fingerprint density at radius 2 is 1.91 bits per heavy atom. The number of ether oxygens (including phenoxy) is 1. The minimum absolute atomic E-state index is 0.188. The van der Waals surface area contributed by atoms with Gasteiger partial charge in [0.2, 0.25) is 5.95 Å². The molecule has 9 nitrogen and oxygen atoms in total. The molecule has 0 radical (unpaired) electrons. The van der Waals surface area contributed by atoms with Crippen LogP contribution in [-0.2, 0) is 4.74 Å². The fourth-order valence-corrected chi connectivity index (χ4v) is 5.77. The average Bonchev–Trinajstić information content (AvgIpc) is 3.36. The summed E-state index contributed by atoms with van der Waals surface area (Å²) in [4.78, 5) is 26.4. The number of anilines is 3. The highest BCUT2D eigenvalue weighted by Gasteiger charge is 2.45. The number of fused-ring (bicyclic) bond motifs is 3. The predicted octanol–water partition coefficient (Wildman–Crippen LogP) is 5.12. The van der Waals surface area contributed by atoms with Crippen molar-refractivity contribution in [3.05, 3.63) is 22.7 Å². The van der Waals surface area contributed by atoms with Crippen molar-refractivity contribution in [1.29, 1.82) is 0 Å². The second-order valence-corrected chi connectivity index (χ2v) is 11.4. The number of H-pyrrole nitrogens is 1. The van der Waals surface area contributed by atoms with Crippen molar-refractivity contribution in [1.82, 2.24) is 25.1 Å². The third-order valence-corrected chi connectivity index (χ3v) is 7.08. The van der Waals surface area contributed by atoms with E-state index in [1.165, 1.54) is 4.88 Å². The van der Waals surface area contributed by atoms with Crippen LogP contribution in [0, 0.1) is 13.8 Å². The van der Waals surface area contributed by atoms with Crippen LogP contribution in [0.4, 0.5) is 22.4 Å². The van der Waals surface area contributed by atoms with Crippen molar-refractivity contribution in [3.63, 3.8) is 0 Å². The molecule has 2 fully saturated rings. The van der Waals surface area contributed by atoms with Crippen LogP contribution in [0.15, 0.2) is 12.1 Å². The molecule has 0 unspecified atom stereocenters. The summed E-state index contributed by atoms with van der Waals surface area (Å²) in [6, 6.07) is 4.64. The number of hydrogen-bond acceptors (Lipinski definition) is 8. The van der Waals surface area contributed by atoms with E-state index in [1.807, 2.05) is 38.7 Å². The minimum atomic E-state index is -0.482. The molecule has 3 N–H and O–H groups in total. The number of aromatic amines is 1. The maximum absolute atomic E-state index is 12.8. The SMILES string of the molecule is Cc1cc(Nc2nc(N[C@@H]3C[C@H]4CC[C@@H](C3)N4C(=O)OC(C)(C)C)nc3sc(C)cc23)n[nH]1. The van der Waals surface area contributed by atoms with E-state index < -0.39 is 5.60 Å². The largest absolute Gasteiger partial charge is 0.444 e. The highest BCUT2D eigenvalue weighted by molar-refractivity contribution is 7.18. The lowest BCUT2D eigenvalue weighted by Crippen LogP contribution is -2.51. The van der Waals surface area contributed by atoms with Gasteiger partial charge >= 0.3 is 6.09 Å². The van der Waals surface area contributed by atoms with E-state index in [0.717, 1.165) is 53.2 Å². The lowest BCUT2D eigenvalue weighted by molar-refractivity contribution is 0.00682. The number of aryl methyl sites for hydroxylation is 2. The number of aromatic nitrogens is 4. The van der Waals surface area contributed by atoms with Crippen LogP contribution in [0.1, 0.15) is 57.0 Å². The Morgan fingerprint density at radius 1 is 1.18 bits per heavy atom. The summed E-state index contributed by atoms with van der Waals surface area (Å²) in [6.45, 7) is 9.78. The molecule has 3 aromatic heterocycles. The van der Waals surface area contributed by atoms with Gasteiger partial charge in [0, 0.05) is 34.8 Å². The van der Waals surface area contributed by atoms with Crippen molar-refractivity contribution in [2.24, 2.45) is 0 Å². The summed E-state index contributed by atoms with van der Waals surface area (Å²) in [5.74, 6) is 2.08. The number of carbonyl (C=O) groups excluding carboxylic acids is 1. The Hall–Kier alpha value is -2.88. The number of carbonyl (C=O) groups is 1. The van der Waals surface area contributed by atoms with E-state index in [4.69, 9.17) is 14.7 Å². The molecule has 3 atom stereocenters. The Balaban J connectivity index is 1.34. The summed E-state index contributed by atoms with van der Waals surface area (Å²) in [7, 11) is 0. The first kappa shape index (κ1) is 21.9. The second-order valence-electron chi connectivity index (χ2n) is 10.1. The Bertz CT molecular complexity index is 1170. The van der Waals surface area contributed by atoms with Crippen molar-refractivity contribution in [2.75, 3.05) is 10.6 Å². The number of hydrogen-bond donors (Lipinski definition) is 3. The molecule has 3 aromatic rings. The maximum Gasteiger partial charge on any atom is 0.410 e. The molecule has 176 valence electrons. The van der Waals surface area contributed by atoms with E-state index in [-0.39, 0.29) is 24.2 Å². The molecular formula is C23H31N7O2S. The zero-order valence-corrected chi connectivity index (χ0v) is 20.5. The van der Waals surface area contributed by atoms with Crippen LogP contribution in [0.2, 0.25) is 0 Å². The smallest absolute Gasteiger partial charge is 0.410 e. The number of nitrogens with zero attached hydrogens (tertiary/aromatic N) is 4. The molecule has 1 amide bonds.